The van der Waals surface area contributed by atoms with Gasteiger partial charge in [0.1, 0.15) is 0 Å². The zero-order valence-corrected chi connectivity index (χ0v) is 11.9. The summed E-state index contributed by atoms with van der Waals surface area (Å²) in [6.07, 6.45) is 2.80. The lowest BCUT2D eigenvalue weighted by Gasteiger charge is -2.15. The maximum absolute atomic E-state index is 12.0. The first-order valence-corrected chi connectivity index (χ1v) is 7.35. The van der Waals surface area contributed by atoms with E-state index in [0.29, 0.717) is 29.6 Å². The molecule has 2 aliphatic rings. The summed E-state index contributed by atoms with van der Waals surface area (Å²) in [4.78, 5) is 25.8. The van der Waals surface area contributed by atoms with E-state index in [1.165, 1.54) is 0 Å². The SMILES string of the molecule is O=C(NCC1CC(=O)N(C2CC2)C1)c1ccccc1Cl. The molecule has 1 unspecified atom stereocenters. The molecule has 1 atom stereocenters. The van der Waals surface area contributed by atoms with E-state index in [-0.39, 0.29) is 17.7 Å². The number of nitrogens with one attached hydrogen (secondary N) is 1. The predicted octanol–water partition coefficient (Wildman–Crippen LogP) is 2.08. The molecule has 3 rings (SSSR count). The maximum Gasteiger partial charge on any atom is 0.252 e. The molecule has 0 bridgehead atoms. The van der Waals surface area contributed by atoms with Crippen LogP contribution in [-0.2, 0) is 4.79 Å². The highest BCUT2D eigenvalue weighted by Gasteiger charge is 2.39. The Labute approximate surface area is 123 Å². The van der Waals surface area contributed by atoms with Gasteiger partial charge in [0, 0.05) is 31.5 Å². The lowest BCUT2D eigenvalue weighted by atomic mass is 10.1. The molecule has 1 saturated carbocycles. The summed E-state index contributed by atoms with van der Waals surface area (Å²) in [7, 11) is 0. The first kappa shape index (κ1) is 13.4. The Balaban J connectivity index is 1.54. The molecule has 106 valence electrons. The van der Waals surface area contributed by atoms with E-state index in [1.807, 2.05) is 4.90 Å². The molecule has 0 spiro atoms. The Morgan fingerprint density at radius 1 is 1.35 bits per heavy atom. The van der Waals surface area contributed by atoms with Gasteiger partial charge in [0.2, 0.25) is 5.91 Å². The highest BCUT2D eigenvalue weighted by Crippen LogP contribution is 2.32. The molecule has 1 N–H and O–H groups in total. The van der Waals surface area contributed by atoms with Crippen LogP contribution in [0.3, 0.4) is 0 Å². The van der Waals surface area contributed by atoms with Crippen LogP contribution in [0.4, 0.5) is 0 Å². The lowest BCUT2D eigenvalue weighted by Crippen LogP contribution is -2.32. The number of benzene rings is 1. The number of carbonyl (C=O) groups is 2. The highest BCUT2D eigenvalue weighted by atomic mass is 35.5. The quantitative estimate of drug-likeness (QED) is 0.924. The smallest absolute Gasteiger partial charge is 0.252 e. The number of likely N-dealkylation sites (tertiary alicyclic amines) is 1. The molecular weight excluding hydrogens is 276 g/mol. The number of amides is 2. The molecule has 1 aliphatic carbocycles. The minimum atomic E-state index is -0.173. The van der Waals surface area contributed by atoms with Crippen LogP contribution in [0.15, 0.2) is 24.3 Å². The summed E-state index contributed by atoms with van der Waals surface area (Å²) in [5.41, 5.74) is 0.484. The second kappa shape index (κ2) is 5.44. The number of hydrogen-bond donors (Lipinski definition) is 1. The van der Waals surface area contributed by atoms with E-state index in [1.54, 1.807) is 24.3 Å². The third-order valence-corrected chi connectivity index (χ3v) is 4.23. The van der Waals surface area contributed by atoms with Crippen LogP contribution in [-0.4, -0.2) is 35.8 Å². The van der Waals surface area contributed by atoms with Gasteiger partial charge in [0.15, 0.2) is 0 Å². The Morgan fingerprint density at radius 3 is 2.80 bits per heavy atom. The molecule has 1 heterocycles. The van der Waals surface area contributed by atoms with Crippen molar-refractivity contribution in [2.75, 3.05) is 13.1 Å². The van der Waals surface area contributed by atoms with Crippen molar-refractivity contribution >= 4 is 23.4 Å². The largest absolute Gasteiger partial charge is 0.352 e. The lowest BCUT2D eigenvalue weighted by molar-refractivity contribution is -0.128. The van der Waals surface area contributed by atoms with Gasteiger partial charge in [-0.1, -0.05) is 23.7 Å². The maximum atomic E-state index is 12.0. The van der Waals surface area contributed by atoms with Crippen LogP contribution in [0, 0.1) is 5.92 Å². The van der Waals surface area contributed by atoms with Crippen LogP contribution in [0.2, 0.25) is 5.02 Å². The van der Waals surface area contributed by atoms with E-state index in [0.717, 1.165) is 19.4 Å². The van der Waals surface area contributed by atoms with Gasteiger partial charge in [-0.3, -0.25) is 9.59 Å². The Morgan fingerprint density at radius 2 is 2.10 bits per heavy atom. The molecular formula is C15H17ClN2O2. The van der Waals surface area contributed by atoms with Crippen molar-refractivity contribution in [3.63, 3.8) is 0 Å². The molecule has 1 saturated heterocycles. The van der Waals surface area contributed by atoms with E-state index in [4.69, 9.17) is 11.6 Å². The Bertz CT molecular complexity index is 542. The fraction of sp³-hybridized carbons (Fsp3) is 0.467. The number of halogens is 1. The van der Waals surface area contributed by atoms with Crippen molar-refractivity contribution in [3.8, 4) is 0 Å². The summed E-state index contributed by atoms with van der Waals surface area (Å²) in [6, 6.07) is 7.45. The average molecular weight is 293 g/mol. The van der Waals surface area contributed by atoms with Crippen molar-refractivity contribution in [1.82, 2.24) is 10.2 Å². The highest BCUT2D eigenvalue weighted by molar-refractivity contribution is 6.33. The zero-order chi connectivity index (χ0) is 14.1. The summed E-state index contributed by atoms with van der Waals surface area (Å²) in [5.74, 6) is 0.270. The van der Waals surface area contributed by atoms with Gasteiger partial charge in [-0.05, 0) is 25.0 Å². The molecule has 0 radical (unpaired) electrons. The first-order valence-electron chi connectivity index (χ1n) is 6.97. The Hall–Kier alpha value is -1.55. The van der Waals surface area contributed by atoms with Gasteiger partial charge in [0.25, 0.3) is 5.91 Å². The van der Waals surface area contributed by atoms with Crippen molar-refractivity contribution in [1.29, 1.82) is 0 Å². The number of nitrogens with zero attached hydrogens (tertiary/aromatic N) is 1. The molecule has 4 nitrogen and oxygen atoms in total. The standard InChI is InChI=1S/C15H17ClN2O2/c16-13-4-2-1-3-12(13)15(20)17-8-10-7-14(19)18(9-10)11-5-6-11/h1-4,10-11H,5-9H2,(H,17,20). The monoisotopic (exact) mass is 292 g/mol. The molecule has 0 aromatic heterocycles. The second-order valence-electron chi connectivity index (χ2n) is 5.54. The third kappa shape index (κ3) is 2.80. The predicted molar refractivity (Wildman–Crippen MR) is 76.6 cm³/mol. The van der Waals surface area contributed by atoms with E-state index >= 15 is 0 Å². The molecule has 2 amide bonds. The van der Waals surface area contributed by atoms with E-state index in [2.05, 4.69) is 5.32 Å². The fourth-order valence-corrected chi connectivity index (χ4v) is 2.88. The average Bonchev–Trinajstić information content (AvgIpc) is 3.20. The van der Waals surface area contributed by atoms with E-state index < -0.39 is 0 Å². The van der Waals surface area contributed by atoms with Crippen LogP contribution >= 0.6 is 11.6 Å². The Kier molecular flexibility index (Phi) is 3.66. The van der Waals surface area contributed by atoms with Crippen LogP contribution < -0.4 is 5.32 Å². The normalized spacial score (nSPS) is 22.1. The first-order chi connectivity index (χ1) is 9.65. The van der Waals surface area contributed by atoms with Gasteiger partial charge in [-0.15, -0.1) is 0 Å². The van der Waals surface area contributed by atoms with Crippen molar-refractivity contribution in [2.24, 2.45) is 5.92 Å². The van der Waals surface area contributed by atoms with Crippen molar-refractivity contribution < 1.29 is 9.59 Å². The van der Waals surface area contributed by atoms with Gasteiger partial charge < -0.3 is 10.2 Å². The third-order valence-electron chi connectivity index (χ3n) is 3.90. The number of rotatable bonds is 4. The van der Waals surface area contributed by atoms with Crippen molar-refractivity contribution in [3.05, 3.63) is 34.9 Å². The van der Waals surface area contributed by atoms with Gasteiger partial charge in [-0.2, -0.15) is 0 Å². The molecule has 20 heavy (non-hydrogen) atoms. The minimum absolute atomic E-state index is 0.173. The zero-order valence-electron chi connectivity index (χ0n) is 11.1. The van der Waals surface area contributed by atoms with Gasteiger partial charge in [-0.25, -0.2) is 0 Å². The van der Waals surface area contributed by atoms with Crippen LogP contribution in [0.1, 0.15) is 29.6 Å². The van der Waals surface area contributed by atoms with Crippen molar-refractivity contribution in [2.45, 2.75) is 25.3 Å². The summed E-state index contributed by atoms with van der Waals surface area (Å²) >= 11 is 5.99. The van der Waals surface area contributed by atoms with E-state index in [9.17, 15) is 9.59 Å². The van der Waals surface area contributed by atoms with Gasteiger partial charge in [0.05, 0.1) is 10.6 Å². The molecule has 5 heteroatoms. The minimum Gasteiger partial charge on any atom is -0.352 e. The van der Waals surface area contributed by atoms with Crippen LogP contribution in [0.5, 0.6) is 0 Å². The summed E-state index contributed by atoms with van der Waals surface area (Å²) < 4.78 is 0. The number of hydrogen-bond acceptors (Lipinski definition) is 2. The molecule has 2 fully saturated rings. The fourth-order valence-electron chi connectivity index (χ4n) is 2.66. The molecule has 1 aromatic carbocycles. The summed E-state index contributed by atoms with van der Waals surface area (Å²) in [5, 5.41) is 3.33. The summed E-state index contributed by atoms with van der Waals surface area (Å²) in [6.45, 7) is 1.30. The topological polar surface area (TPSA) is 49.4 Å². The van der Waals surface area contributed by atoms with Crippen LogP contribution in [0.25, 0.3) is 0 Å². The number of carbonyl (C=O) groups excluding carboxylic acids is 2. The molecule has 1 aliphatic heterocycles. The second-order valence-corrected chi connectivity index (χ2v) is 5.94. The molecule has 1 aromatic rings. The van der Waals surface area contributed by atoms with Gasteiger partial charge >= 0.3 is 0 Å².